The average molecular weight is 264 g/mol. The molecule has 0 aliphatic rings. The molecule has 2 rings (SSSR count). The molecule has 6 heteroatoms. The summed E-state index contributed by atoms with van der Waals surface area (Å²) in [6.07, 6.45) is 2.39. The number of nitrogens with one attached hydrogen (secondary N) is 2. The third-order valence-corrected chi connectivity index (χ3v) is 2.81. The van der Waals surface area contributed by atoms with Gasteiger partial charge < -0.3 is 10.1 Å². The van der Waals surface area contributed by atoms with Crippen molar-refractivity contribution in [2.75, 3.05) is 13.7 Å². The van der Waals surface area contributed by atoms with Crippen LogP contribution in [0.4, 0.5) is 4.39 Å². The molecule has 0 aliphatic carbocycles. The van der Waals surface area contributed by atoms with Crippen LogP contribution in [0.15, 0.2) is 24.5 Å². The Hall–Kier alpha value is -1.95. The van der Waals surface area contributed by atoms with E-state index in [1.165, 1.54) is 18.5 Å². The van der Waals surface area contributed by atoms with E-state index in [0.29, 0.717) is 17.1 Å². The first-order chi connectivity index (χ1) is 9.26. The van der Waals surface area contributed by atoms with E-state index >= 15 is 0 Å². The van der Waals surface area contributed by atoms with Crippen LogP contribution >= 0.6 is 0 Å². The number of ether oxygens (including phenoxy) is 1. The van der Waals surface area contributed by atoms with Crippen LogP contribution in [0.1, 0.15) is 30.8 Å². The second-order valence-electron chi connectivity index (χ2n) is 4.14. The van der Waals surface area contributed by atoms with E-state index in [1.54, 1.807) is 13.2 Å². The Kier molecular flexibility index (Phi) is 4.46. The minimum atomic E-state index is -0.307. The van der Waals surface area contributed by atoms with Crippen LogP contribution in [-0.4, -0.2) is 28.8 Å². The largest absolute Gasteiger partial charge is 0.496 e. The highest BCUT2D eigenvalue weighted by molar-refractivity contribution is 5.39. The molecule has 102 valence electrons. The smallest absolute Gasteiger partial charge is 0.146 e. The minimum Gasteiger partial charge on any atom is -0.496 e. The molecule has 5 nitrogen and oxygen atoms in total. The van der Waals surface area contributed by atoms with Crippen molar-refractivity contribution in [3.63, 3.8) is 0 Å². The van der Waals surface area contributed by atoms with Crippen LogP contribution < -0.4 is 10.1 Å². The zero-order valence-electron chi connectivity index (χ0n) is 11.0. The standard InChI is InChI=1S/C13H17FN4O/c1-3-6-15-12(13-16-8-17-18-13)10-7-9(14)4-5-11(10)19-2/h4-5,7-8,12,15H,3,6H2,1-2H3,(H,16,17,18). The molecule has 1 aromatic carbocycles. The highest BCUT2D eigenvalue weighted by atomic mass is 19.1. The predicted octanol–water partition coefficient (Wildman–Crippen LogP) is 2.04. The van der Waals surface area contributed by atoms with Gasteiger partial charge in [-0.3, -0.25) is 5.10 Å². The Labute approximate surface area is 111 Å². The Morgan fingerprint density at radius 1 is 1.47 bits per heavy atom. The average Bonchev–Trinajstić information content (AvgIpc) is 2.93. The molecule has 0 fully saturated rings. The third-order valence-electron chi connectivity index (χ3n) is 2.81. The van der Waals surface area contributed by atoms with E-state index in [0.717, 1.165) is 13.0 Å². The van der Waals surface area contributed by atoms with Crippen LogP contribution in [0.5, 0.6) is 5.75 Å². The lowest BCUT2D eigenvalue weighted by atomic mass is 10.0. The first kappa shape index (κ1) is 13.5. The lowest BCUT2D eigenvalue weighted by Crippen LogP contribution is -2.25. The van der Waals surface area contributed by atoms with Crippen LogP contribution in [0, 0.1) is 5.82 Å². The fraction of sp³-hybridized carbons (Fsp3) is 0.385. The van der Waals surface area contributed by atoms with E-state index in [1.807, 2.05) is 0 Å². The number of rotatable bonds is 6. The second kappa shape index (κ2) is 6.29. The molecule has 0 aliphatic heterocycles. The summed E-state index contributed by atoms with van der Waals surface area (Å²) in [6.45, 7) is 2.85. The monoisotopic (exact) mass is 264 g/mol. The number of hydrogen-bond acceptors (Lipinski definition) is 4. The van der Waals surface area contributed by atoms with Crippen molar-refractivity contribution in [3.05, 3.63) is 41.7 Å². The van der Waals surface area contributed by atoms with Crippen molar-refractivity contribution >= 4 is 0 Å². The third kappa shape index (κ3) is 3.08. The van der Waals surface area contributed by atoms with E-state index < -0.39 is 0 Å². The molecule has 0 amide bonds. The van der Waals surface area contributed by atoms with Crippen molar-refractivity contribution in [1.29, 1.82) is 0 Å². The van der Waals surface area contributed by atoms with E-state index in [2.05, 4.69) is 27.4 Å². The molecule has 1 unspecified atom stereocenters. The highest BCUT2D eigenvalue weighted by Crippen LogP contribution is 2.28. The Balaban J connectivity index is 2.39. The lowest BCUT2D eigenvalue weighted by Gasteiger charge is -2.19. The number of aromatic amines is 1. The number of methoxy groups -OCH3 is 1. The van der Waals surface area contributed by atoms with Gasteiger partial charge >= 0.3 is 0 Å². The molecule has 19 heavy (non-hydrogen) atoms. The van der Waals surface area contributed by atoms with Crippen molar-refractivity contribution < 1.29 is 9.13 Å². The Morgan fingerprint density at radius 3 is 2.95 bits per heavy atom. The van der Waals surface area contributed by atoms with Crippen LogP contribution in [-0.2, 0) is 0 Å². The molecule has 2 aromatic rings. The summed E-state index contributed by atoms with van der Waals surface area (Å²) in [6, 6.07) is 4.17. The quantitative estimate of drug-likeness (QED) is 0.838. The zero-order chi connectivity index (χ0) is 13.7. The molecule has 0 bridgehead atoms. The van der Waals surface area contributed by atoms with Crippen LogP contribution in [0.25, 0.3) is 0 Å². The SMILES string of the molecule is CCCNC(c1ncn[nH]1)c1cc(F)ccc1OC. The molecular formula is C13H17FN4O. The number of nitrogens with zero attached hydrogens (tertiary/aromatic N) is 2. The molecule has 2 N–H and O–H groups in total. The van der Waals surface area contributed by atoms with Crippen LogP contribution in [0.2, 0.25) is 0 Å². The number of halogens is 1. The first-order valence-electron chi connectivity index (χ1n) is 6.18. The van der Waals surface area contributed by atoms with E-state index in [-0.39, 0.29) is 11.9 Å². The van der Waals surface area contributed by atoms with E-state index in [9.17, 15) is 4.39 Å². The zero-order valence-corrected chi connectivity index (χ0v) is 11.0. The summed E-state index contributed by atoms with van der Waals surface area (Å²) in [4.78, 5) is 4.14. The lowest BCUT2D eigenvalue weighted by molar-refractivity contribution is 0.401. The topological polar surface area (TPSA) is 62.8 Å². The van der Waals surface area contributed by atoms with Gasteiger partial charge in [-0.2, -0.15) is 5.10 Å². The highest BCUT2D eigenvalue weighted by Gasteiger charge is 2.20. The predicted molar refractivity (Wildman–Crippen MR) is 69.5 cm³/mol. The normalized spacial score (nSPS) is 12.4. The fourth-order valence-electron chi connectivity index (χ4n) is 1.93. The summed E-state index contributed by atoms with van der Waals surface area (Å²) in [5, 5.41) is 9.97. The Morgan fingerprint density at radius 2 is 2.32 bits per heavy atom. The summed E-state index contributed by atoms with van der Waals surface area (Å²) in [7, 11) is 1.56. The first-order valence-corrected chi connectivity index (χ1v) is 6.18. The maximum absolute atomic E-state index is 13.5. The van der Waals surface area contributed by atoms with Gasteiger partial charge in [0, 0.05) is 5.56 Å². The van der Waals surface area contributed by atoms with Crippen LogP contribution in [0.3, 0.4) is 0 Å². The molecular weight excluding hydrogens is 247 g/mol. The van der Waals surface area contributed by atoms with Gasteiger partial charge in [-0.25, -0.2) is 9.37 Å². The molecule has 1 heterocycles. The molecule has 0 saturated heterocycles. The summed E-state index contributed by atoms with van der Waals surface area (Å²) in [5.74, 6) is 0.947. The van der Waals surface area contributed by atoms with Crippen molar-refractivity contribution in [2.45, 2.75) is 19.4 Å². The van der Waals surface area contributed by atoms with E-state index in [4.69, 9.17) is 4.74 Å². The second-order valence-corrected chi connectivity index (χ2v) is 4.14. The number of benzene rings is 1. The molecule has 0 saturated carbocycles. The maximum atomic E-state index is 13.5. The molecule has 0 spiro atoms. The van der Waals surface area contributed by atoms with Gasteiger partial charge in [-0.1, -0.05) is 6.92 Å². The van der Waals surface area contributed by atoms with Gasteiger partial charge in [0.15, 0.2) is 0 Å². The maximum Gasteiger partial charge on any atom is 0.146 e. The van der Waals surface area contributed by atoms with Crippen molar-refractivity contribution in [1.82, 2.24) is 20.5 Å². The molecule has 1 atom stereocenters. The van der Waals surface area contributed by atoms with Crippen molar-refractivity contribution in [3.8, 4) is 5.75 Å². The summed E-state index contributed by atoms with van der Waals surface area (Å²) in [5.41, 5.74) is 0.702. The minimum absolute atomic E-state index is 0.270. The Bertz CT molecular complexity index is 515. The fourth-order valence-corrected chi connectivity index (χ4v) is 1.93. The number of aromatic nitrogens is 3. The summed E-state index contributed by atoms with van der Waals surface area (Å²) >= 11 is 0. The van der Waals surface area contributed by atoms with Gasteiger partial charge in [0.25, 0.3) is 0 Å². The van der Waals surface area contributed by atoms with Gasteiger partial charge in [0.2, 0.25) is 0 Å². The van der Waals surface area contributed by atoms with Crippen molar-refractivity contribution in [2.24, 2.45) is 0 Å². The summed E-state index contributed by atoms with van der Waals surface area (Å²) < 4.78 is 18.8. The number of hydrogen-bond donors (Lipinski definition) is 2. The number of H-pyrrole nitrogens is 1. The molecule has 1 aromatic heterocycles. The van der Waals surface area contributed by atoms with Gasteiger partial charge in [-0.05, 0) is 31.2 Å². The van der Waals surface area contributed by atoms with Gasteiger partial charge in [0.1, 0.15) is 23.7 Å². The molecule has 0 radical (unpaired) electrons. The van der Waals surface area contributed by atoms with Gasteiger partial charge in [0.05, 0.1) is 13.2 Å². The van der Waals surface area contributed by atoms with Gasteiger partial charge in [-0.15, -0.1) is 0 Å².